The monoisotopic (exact) mass is 255 g/mol. The van der Waals surface area contributed by atoms with Gasteiger partial charge in [0, 0.05) is 12.8 Å². The summed E-state index contributed by atoms with van der Waals surface area (Å²) in [6.07, 6.45) is 1.70. The number of Topliss-reactive ketones (excluding diaryl/α,β-unsaturated/α-hetero) is 1. The van der Waals surface area contributed by atoms with Crippen molar-refractivity contribution in [1.29, 1.82) is 0 Å². The molecule has 0 aromatic heterocycles. The number of hydrogen-bond acceptors (Lipinski definition) is 2. The van der Waals surface area contributed by atoms with Crippen molar-refractivity contribution in [2.24, 2.45) is 5.92 Å². The van der Waals surface area contributed by atoms with E-state index in [2.05, 4.69) is 5.32 Å². The van der Waals surface area contributed by atoms with Crippen LogP contribution in [0.15, 0.2) is 18.2 Å². The van der Waals surface area contributed by atoms with E-state index >= 15 is 0 Å². The van der Waals surface area contributed by atoms with Gasteiger partial charge in [-0.25, -0.2) is 4.39 Å². The fourth-order valence-corrected chi connectivity index (χ4v) is 2.37. The molecule has 0 radical (unpaired) electrons. The molecule has 2 rings (SSSR count). The highest BCUT2D eigenvalue weighted by Crippen LogP contribution is 2.20. The number of halogens is 2. The Morgan fingerprint density at radius 1 is 1.53 bits per heavy atom. The molecule has 1 fully saturated rings. The highest BCUT2D eigenvalue weighted by atomic mass is 35.5. The van der Waals surface area contributed by atoms with E-state index in [4.69, 9.17) is 11.6 Å². The zero-order valence-corrected chi connectivity index (χ0v) is 10.3. The number of ketones is 1. The highest BCUT2D eigenvalue weighted by molar-refractivity contribution is 6.30. The first kappa shape index (κ1) is 12.5. The van der Waals surface area contributed by atoms with Crippen molar-refractivity contribution in [3.8, 4) is 0 Å². The molecule has 1 aliphatic heterocycles. The van der Waals surface area contributed by atoms with Crippen LogP contribution in [0.5, 0.6) is 0 Å². The van der Waals surface area contributed by atoms with E-state index in [0.717, 1.165) is 19.5 Å². The molecule has 2 nitrogen and oxygen atoms in total. The third-order valence-corrected chi connectivity index (χ3v) is 3.39. The van der Waals surface area contributed by atoms with Crippen LogP contribution in [0.2, 0.25) is 5.02 Å². The lowest BCUT2D eigenvalue weighted by molar-refractivity contribution is -0.119. The molecule has 1 aromatic carbocycles. The number of carbonyl (C=O) groups is 1. The fourth-order valence-electron chi connectivity index (χ4n) is 2.18. The highest BCUT2D eigenvalue weighted by Gasteiger charge is 2.19. The van der Waals surface area contributed by atoms with Gasteiger partial charge < -0.3 is 5.32 Å². The van der Waals surface area contributed by atoms with Gasteiger partial charge in [0.1, 0.15) is 11.6 Å². The van der Waals surface area contributed by atoms with Crippen LogP contribution in [0.1, 0.15) is 18.4 Å². The summed E-state index contributed by atoms with van der Waals surface area (Å²) >= 11 is 5.67. The lowest BCUT2D eigenvalue weighted by atomic mass is 9.97. The molecule has 1 unspecified atom stereocenters. The van der Waals surface area contributed by atoms with E-state index < -0.39 is 5.82 Å². The van der Waals surface area contributed by atoms with Crippen molar-refractivity contribution < 1.29 is 9.18 Å². The molecule has 0 spiro atoms. The van der Waals surface area contributed by atoms with E-state index in [1.165, 1.54) is 6.07 Å². The lowest BCUT2D eigenvalue weighted by Gasteiger charge is -2.08. The summed E-state index contributed by atoms with van der Waals surface area (Å²) in [7, 11) is 0. The van der Waals surface area contributed by atoms with Gasteiger partial charge in [0.25, 0.3) is 0 Å². The molecular formula is C13H15ClFNO. The molecule has 1 aliphatic rings. The zero-order valence-electron chi connectivity index (χ0n) is 9.51. The molecule has 17 heavy (non-hydrogen) atoms. The summed E-state index contributed by atoms with van der Waals surface area (Å²) in [4.78, 5) is 11.8. The molecule has 0 amide bonds. The van der Waals surface area contributed by atoms with Crippen molar-refractivity contribution in [3.63, 3.8) is 0 Å². The van der Waals surface area contributed by atoms with Gasteiger partial charge in [-0.3, -0.25) is 4.79 Å². The molecule has 0 saturated carbocycles. The first-order valence-corrected chi connectivity index (χ1v) is 6.20. The predicted octanol–water partition coefficient (Wildman–Crippen LogP) is 2.59. The van der Waals surface area contributed by atoms with Gasteiger partial charge in [-0.2, -0.15) is 0 Å². The Morgan fingerprint density at radius 2 is 2.35 bits per heavy atom. The Kier molecular flexibility index (Phi) is 4.13. The van der Waals surface area contributed by atoms with E-state index in [-0.39, 0.29) is 17.2 Å². The number of nitrogens with one attached hydrogen (secondary N) is 1. The second-order valence-electron chi connectivity index (χ2n) is 4.49. The molecule has 1 saturated heterocycles. The third kappa shape index (κ3) is 3.27. The van der Waals surface area contributed by atoms with Crippen molar-refractivity contribution in [2.45, 2.75) is 19.3 Å². The smallest absolute Gasteiger partial charge is 0.145 e. The summed E-state index contributed by atoms with van der Waals surface area (Å²) in [5, 5.41) is 3.30. The maximum absolute atomic E-state index is 13.6. The summed E-state index contributed by atoms with van der Waals surface area (Å²) in [5.41, 5.74) is 0.397. The molecule has 1 heterocycles. The van der Waals surface area contributed by atoms with Crippen LogP contribution in [-0.4, -0.2) is 18.9 Å². The van der Waals surface area contributed by atoms with Crippen molar-refractivity contribution in [3.05, 3.63) is 34.6 Å². The standard InChI is InChI=1S/C13H15ClFNO/c14-12-3-1-2-10(13(12)15)7-11(17)6-9-4-5-16-8-9/h1-3,9,16H,4-8H2. The fraction of sp³-hybridized carbons (Fsp3) is 0.462. The Balaban J connectivity index is 1.95. The summed E-state index contributed by atoms with van der Waals surface area (Å²) in [6, 6.07) is 4.78. The molecule has 0 aliphatic carbocycles. The average molecular weight is 256 g/mol. The van der Waals surface area contributed by atoms with E-state index in [9.17, 15) is 9.18 Å². The van der Waals surface area contributed by atoms with Gasteiger partial charge in [0.15, 0.2) is 0 Å². The van der Waals surface area contributed by atoms with Crippen molar-refractivity contribution in [2.75, 3.05) is 13.1 Å². The summed E-state index contributed by atoms with van der Waals surface area (Å²) in [6.45, 7) is 1.87. The molecular weight excluding hydrogens is 241 g/mol. The molecule has 92 valence electrons. The molecule has 1 atom stereocenters. The Labute approximate surface area is 105 Å². The summed E-state index contributed by atoms with van der Waals surface area (Å²) < 4.78 is 13.6. The van der Waals surface area contributed by atoms with Gasteiger partial charge in [0.2, 0.25) is 0 Å². The van der Waals surface area contributed by atoms with Crippen LogP contribution in [0, 0.1) is 11.7 Å². The van der Waals surface area contributed by atoms with Gasteiger partial charge in [-0.1, -0.05) is 23.7 Å². The molecule has 0 bridgehead atoms. The predicted molar refractivity (Wildman–Crippen MR) is 65.7 cm³/mol. The van der Waals surface area contributed by atoms with Gasteiger partial charge in [-0.05, 0) is 37.1 Å². The molecule has 1 N–H and O–H groups in total. The molecule has 1 aromatic rings. The van der Waals surface area contributed by atoms with E-state index in [0.29, 0.717) is 17.9 Å². The normalized spacial score (nSPS) is 19.5. The van der Waals surface area contributed by atoms with Gasteiger partial charge >= 0.3 is 0 Å². The number of hydrogen-bond donors (Lipinski definition) is 1. The van der Waals surface area contributed by atoms with E-state index in [1.54, 1.807) is 12.1 Å². The SMILES string of the molecule is O=C(Cc1cccc(Cl)c1F)CC1CCNC1. The number of rotatable bonds is 4. The quantitative estimate of drug-likeness (QED) is 0.896. The van der Waals surface area contributed by atoms with Crippen LogP contribution >= 0.6 is 11.6 Å². The number of carbonyl (C=O) groups excluding carboxylic acids is 1. The van der Waals surface area contributed by atoms with Gasteiger partial charge in [0.05, 0.1) is 5.02 Å². The zero-order chi connectivity index (χ0) is 12.3. The largest absolute Gasteiger partial charge is 0.316 e. The minimum absolute atomic E-state index is 0.0813. The second kappa shape index (κ2) is 5.61. The third-order valence-electron chi connectivity index (χ3n) is 3.10. The maximum atomic E-state index is 13.6. The van der Waals surface area contributed by atoms with Gasteiger partial charge in [-0.15, -0.1) is 0 Å². The number of benzene rings is 1. The molecule has 4 heteroatoms. The first-order valence-electron chi connectivity index (χ1n) is 5.82. The summed E-state index contributed by atoms with van der Waals surface area (Å²) in [5.74, 6) is 0.0247. The van der Waals surface area contributed by atoms with Crippen LogP contribution in [0.3, 0.4) is 0 Å². The lowest BCUT2D eigenvalue weighted by Crippen LogP contribution is -2.14. The first-order chi connectivity index (χ1) is 8.16. The van der Waals surface area contributed by atoms with Crippen LogP contribution in [0.25, 0.3) is 0 Å². The Morgan fingerprint density at radius 3 is 3.06 bits per heavy atom. The maximum Gasteiger partial charge on any atom is 0.145 e. The topological polar surface area (TPSA) is 29.1 Å². The van der Waals surface area contributed by atoms with Crippen LogP contribution in [0.4, 0.5) is 4.39 Å². The van der Waals surface area contributed by atoms with Crippen LogP contribution in [-0.2, 0) is 11.2 Å². The minimum atomic E-state index is -0.466. The van der Waals surface area contributed by atoms with Crippen molar-refractivity contribution in [1.82, 2.24) is 5.32 Å². The second-order valence-corrected chi connectivity index (χ2v) is 4.90. The average Bonchev–Trinajstić information content (AvgIpc) is 2.77. The van der Waals surface area contributed by atoms with Crippen molar-refractivity contribution >= 4 is 17.4 Å². The van der Waals surface area contributed by atoms with E-state index in [1.807, 2.05) is 0 Å². The Hall–Kier alpha value is -0.930. The minimum Gasteiger partial charge on any atom is -0.316 e. The van der Waals surface area contributed by atoms with Crippen LogP contribution < -0.4 is 5.32 Å². The Bertz CT molecular complexity index is 416.